The second-order valence-corrected chi connectivity index (χ2v) is 9.64. The molecule has 28 heavy (non-hydrogen) atoms. The van der Waals surface area contributed by atoms with Gasteiger partial charge in [0.2, 0.25) is 0 Å². The Balaban J connectivity index is 1.42. The molecule has 0 radical (unpaired) electrons. The molecule has 0 unspecified atom stereocenters. The highest BCUT2D eigenvalue weighted by Gasteiger charge is 2.43. The zero-order valence-corrected chi connectivity index (χ0v) is 17.3. The van der Waals surface area contributed by atoms with Crippen molar-refractivity contribution in [3.05, 3.63) is 44.6 Å². The SMILES string of the molecule is C[C@H]1C[C@@]2(CC[C@@H](c3ccc4c(c3)OCC(=O)N4)N1)OCCc1cc(Cl)sc12. The van der Waals surface area contributed by atoms with Crippen LogP contribution < -0.4 is 15.4 Å². The number of carbonyl (C=O) groups is 1. The van der Waals surface area contributed by atoms with Gasteiger partial charge >= 0.3 is 0 Å². The van der Waals surface area contributed by atoms with Crippen molar-refractivity contribution in [1.82, 2.24) is 5.32 Å². The van der Waals surface area contributed by atoms with Crippen molar-refractivity contribution < 1.29 is 14.3 Å². The molecule has 7 heteroatoms. The van der Waals surface area contributed by atoms with Crippen LogP contribution in [0.1, 0.15) is 48.2 Å². The van der Waals surface area contributed by atoms with Crippen LogP contribution in [0.25, 0.3) is 0 Å². The summed E-state index contributed by atoms with van der Waals surface area (Å²) in [6.07, 6.45) is 3.79. The first-order chi connectivity index (χ1) is 13.5. The lowest BCUT2D eigenvalue weighted by Gasteiger charge is -2.37. The molecule has 1 aromatic carbocycles. The molecule has 0 bridgehead atoms. The fraction of sp³-hybridized carbons (Fsp3) is 0.476. The van der Waals surface area contributed by atoms with Crippen LogP contribution in [0.15, 0.2) is 24.3 Å². The molecular formula is C21H23ClN2O3S. The number of rotatable bonds is 1. The molecule has 1 fully saturated rings. The molecule has 3 aliphatic heterocycles. The van der Waals surface area contributed by atoms with Gasteiger partial charge in [0.05, 0.1) is 16.6 Å². The highest BCUT2D eigenvalue weighted by molar-refractivity contribution is 7.16. The monoisotopic (exact) mass is 418 g/mol. The molecule has 1 aromatic heterocycles. The van der Waals surface area contributed by atoms with Gasteiger partial charge in [-0.15, -0.1) is 11.3 Å². The van der Waals surface area contributed by atoms with E-state index in [2.05, 4.69) is 29.7 Å². The van der Waals surface area contributed by atoms with E-state index in [4.69, 9.17) is 21.1 Å². The number of anilines is 1. The summed E-state index contributed by atoms with van der Waals surface area (Å²) in [5.41, 5.74) is 3.03. The molecule has 1 amide bonds. The van der Waals surface area contributed by atoms with Crippen molar-refractivity contribution in [2.45, 2.75) is 50.3 Å². The predicted molar refractivity (Wildman–Crippen MR) is 110 cm³/mol. The van der Waals surface area contributed by atoms with Crippen LogP contribution >= 0.6 is 22.9 Å². The van der Waals surface area contributed by atoms with Crippen LogP contribution in [0, 0.1) is 0 Å². The topological polar surface area (TPSA) is 59.6 Å². The number of amides is 1. The van der Waals surface area contributed by atoms with Gasteiger partial charge in [0.1, 0.15) is 11.4 Å². The third kappa shape index (κ3) is 3.22. The molecule has 3 atom stereocenters. The van der Waals surface area contributed by atoms with Crippen LogP contribution in [0.3, 0.4) is 0 Å². The van der Waals surface area contributed by atoms with E-state index < -0.39 is 0 Å². The Kier molecular flexibility index (Phi) is 4.62. The minimum absolute atomic E-state index is 0.0732. The van der Waals surface area contributed by atoms with Gasteiger partial charge in [-0.3, -0.25) is 4.79 Å². The molecule has 0 aliphatic carbocycles. The zero-order chi connectivity index (χ0) is 19.3. The Morgan fingerprint density at radius 2 is 2.21 bits per heavy atom. The lowest BCUT2D eigenvalue weighted by Crippen LogP contribution is -2.38. The highest BCUT2D eigenvalue weighted by Crippen LogP contribution is 2.48. The molecule has 148 valence electrons. The van der Waals surface area contributed by atoms with E-state index in [9.17, 15) is 4.79 Å². The summed E-state index contributed by atoms with van der Waals surface area (Å²) < 4.78 is 12.9. The lowest BCUT2D eigenvalue weighted by molar-refractivity contribution is -0.118. The van der Waals surface area contributed by atoms with E-state index in [0.717, 1.165) is 48.1 Å². The average molecular weight is 419 g/mol. The van der Waals surface area contributed by atoms with E-state index in [1.807, 2.05) is 12.1 Å². The van der Waals surface area contributed by atoms with Crippen molar-refractivity contribution in [2.24, 2.45) is 0 Å². The Labute approximate surface area is 173 Å². The molecular weight excluding hydrogens is 396 g/mol. The third-order valence-corrected chi connectivity index (χ3v) is 7.43. The minimum Gasteiger partial charge on any atom is -0.482 e. The number of nitrogens with one attached hydrogen (secondary N) is 2. The van der Waals surface area contributed by atoms with Gasteiger partial charge < -0.3 is 20.1 Å². The first kappa shape index (κ1) is 18.4. The first-order valence-corrected chi connectivity index (χ1v) is 11.0. The van der Waals surface area contributed by atoms with Crippen LogP contribution in [-0.2, 0) is 21.6 Å². The average Bonchev–Trinajstić information content (AvgIpc) is 2.98. The molecule has 3 aliphatic rings. The second-order valence-electron chi connectivity index (χ2n) is 7.95. The molecule has 1 saturated heterocycles. The number of ether oxygens (including phenoxy) is 2. The Morgan fingerprint density at radius 1 is 1.32 bits per heavy atom. The van der Waals surface area contributed by atoms with Crippen molar-refractivity contribution in [3.8, 4) is 5.75 Å². The van der Waals surface area contributed by atoms with E-state index in [1.54, 1.807) is 11.3 Å². The van der Waals surface area contributed by atoms with Gasteiger partial charge in [-0.25, -0.2) is 0 Å². The van der Waals surface area contributed by atoms with E-state index in [-0.39, 0.29) is 24.2 Å². The van der Waals surface area contributed by atoms with E-state index >= 15 is 0 Å². The number of carbonyl (C=O) groups excluding carboxylic acids is 1. The molecule has 0 saturated carbocycles. The normalized spacial score (nSPS) is 29.4. The lowest BCUT2D eigenvalue weighted by atomic mass is 9.85. The van der Waals surface area contributed by atoms with Gasteiger partial charge in [0.15, 0.2) is 6.61 Å². The summed E-state index contributed by atoms with van der Waals surface area (Å²) in [5, 5.41) is 6.62. The summed E-state index contributed by atoms with van der Waals surface area (Å²) in [5.74, 6) is 0.634. The van der Waals surface area contributed by atoms with E-state index in [0.29, 0.717) is 6.04 Å². The Morgan fingerprint density at radius 3 is 3.11 bits per heavy atom. The highest BCUT2D eigenvalue weighted by atomic mass is 35.5. The van der Waals surface area contributed by atoms with E-state index in [1.165, 1.54) is 16.0 Å². The minimum atomic E-state index is -0.245. The van der Waals surface area contributed by atoms with Crippen LogP contribution in [0.5, 0.6) is 5.75 Å². The maximum Gasteiger partial charge on any atom is 0.262 e. The van der Waals surface area contributed by atoms with Crippen LogP contribution in [-0.4, -0.2) is 25.2 Å². The summed E-state index contributed by atoms with van der Waals surface area (Å²) in [7, 11) is 0. The molecule has 5 nitrogen and oxygen atoms in total. The van der Waals surface area contributed by atoms with Gasteiger partial charge in [-0.05, 0) is 61.9 Å². The number of thiophene rings is 1. The molecule has 2 N–H and O–H groups in total. The van der Waals surface area contributed by atoms with Crippen LogP contribution in [0.2, 0.25) is 4.34 Å². The van der Waals surface area contributed by atoms with Crippen LogP contribution in [0.4, 0.5) is 5.69 Å². The van der Waals surface area contributed by atoms with Crippen molar-refractivity contribution in [1.29, 1.82) is 0 Å². The fourth-order valence-corrected chi connectivity index (χ4v) is 6.24. The largest absolute Gasteiger partial charge is 0.482 e. The fourth-order valence-electron chi connectivity index (χ4n) is 4.76. The third-order valence-electron chi connectivity index (χ3n) is 5.94. The maximum atomic E-state index is 11.5. The van der Waals surface area contributed by atoms with Gasteiger partial charge in [0.25, 0.3) is 5.91 Å². The molecule has 5 rings (SSSR count). The summed E-state index contributed by atoms with van der Waals surface area (Å²) >= 11 is 8.01. The number of fused-ring (bicyclic) bond motifs is 3. The Bertz CT molecular complexity index is 930. The van der Waals surface area contributed by atoms with Gasteiger partial charge in [-0.1, -0.05) is 17.7 Å². The number of hydrogen-bond donors (Lipinski definition) is 2. The van der Waals surface area contributed by atoms with Gasteiger partial charge in [-0.2, -0.15) is 0 Å². The van der Waals surface area contributed by atoms with Crippen molar-refractivity contribution in [3.63, 3.8) is 0 Å². The standard InChI is InChI=1S/C21H23ClN2O3S/c1-12-10-21(20-14(5-7-27-21)9-18(22)28-20)6-4-15(23-12)13-2-3-16-17(8-13)26-11-19(25)24-16/h2-3,8-9,12,15,23H,4-7,10-11H2,1H3,(H,24,25)/t12-,15-,21+/m0/s1. The smallest absolute Gasteiger partial charge is 0.262 e. The van der Waals surface area contributed by atoms with Crippen molar-refractivity contribution >= 4 is 34.5 Å². The predicted octanol–water partition coefficient (Wildman–Crippen LogP) is 4.40. The number of halogens is 1. The molecule has 1 spiro atoms. The zero-order valence-electron chi connectivity index (χ0n) is 15.7. The number of hydrogen-bond acceptors (Lipinski definition) is 5. The summed E-state index contributed by atoms with van der Waals surface area (Å²) in [6.45, 7) is 3.05. The van der Waals surface area contributed by atoms with Gasteiger partial charge in [0, 0.05) is 17.0 Å². The van der Waals surface area contributed by atoms with Crippen molar-refractivity contribution in [2.75, 3.05) is 18.5 Å². The summed E-state index contributed by atoms with van der Waals surface area (Å²) in [6, 6.07) is 8.68. The number of benzene rings is 1. The second kappa shape index (κ2) is 7.02. The first-order valence-electron chi connectivity index (χ1n) is 9.78. The Hall–Kier alpha value is -1.60. The molecule has 4 heterocycles. The maximum absolute atomic E-state index is 11.5. The quantitative estimate of drug-likeness (QED) is 0.720. The molecule has 2 aromatic rings. The summed E-state index contributed by atoms with van der Waals surface area (Å²) in [4.78, 5) is 12.8.